The third kappa shape index (κ3) is 3.84. The fourth-order valence-electron chi connectivity index (χ4n) is 4.56. The molecule has 1 aliphatic heterocycles. The van der Waals surface area contributed by atoms with E-state index in [1.165, 1.54) is 34.4 Å². The van der Waals surface area contributed by atoms with Gasteiger partial charge in [0.1, 0.15) is 17.1 Å². The first-order chi connectivity index (χ1) is 18.1. The van der Waals surface area contributed by atoms with Crippen LogP contribution in [-0.4, -0.2) is 40.2 Å². The highest BCUT2D eigenvalue weighted by Gasteiger charge is 2.38. The Hall–Kier alpha value is -4.45. The minimum absolute atomic E-state index is 0.103. The molecule has 0 saturated heterocycles. The lowest BCUT2D eigenvalue weighted by Crippen LogP contribution is -2.30. The van der Waals surface area contributed by atoms with Gasteiger partial charge < -0.3 is 0 Å². The number of hydrogen-bond donors (Lipinski definition) is 0. The molecule has 0 fully saturated rings. The van der Waals surface area contributed by atoms with Crippen LogP contribution in [0, 0.1) is 0 Å². The summed E-state index contributed by atoms with van der Waals surface area (Å²) in [6, 6.07) is 20.7. The summed E-state index contributed by atoms with van der Waals surface area (Å²) >= 11 is 0. The van der Waals surface area contributed by atoms with Crippen LogP contribution in [0.4, 0.5) is 18.9 Å². The first-order valence-electron chi connectivity index (χ1n) is 11.5. The van der Waals surface area contributed by atoms with Gasteiger partial charge in [0.05, 0.1) is 34.6 Å². The second-order valence-corrected chi connectivity index (χ2v) is 10.7. The average molecular weight is 537 g/mol. The predicted molar refractivity (Wildman–Crippen MR) is 134 cm³/mol. The van der Waals surface area contributed by atoms with Gasteiger partial charge in [0, 0.05) is 18.2 Å². The maximum Gasteiger partial charge on any atom is 0.416 e. The van der Waals surface area contributed by atoms with Crippen LogP contribution in [0.1, 0.15) is 11.3 Å². The number of rotatable bonds is 4. The normalized spacial score (nSPS) is 14.3. The number of halogens is 3. The third-order valence-electron chi connectivity index (χ3n) is 6.36. The van der Waals surface area contributed by atoms with Crippen LogP contribution in [0.25, 0.3) is 28.2 Å². The summed E-state index contributed by atoms with van der Waals surface area (Å²) in [4.78, 5) is 0.162. The molecule has 192 valence electrons. The quantitative estimate of drug-likeness (QED) is 0.323. The Morgan fingerprint density at radius 3 is 2.42 bits per heavy atom. The highest BCUT2D eigenvalue weighted by molar-refractivity contribution is 7.93. The van der Waals surface area contributed by atoms with Gasteiger partial charge in [-0.3, -0.25) is 8.99 Å². The van der Waals surface area contributed by atoms with Crippen molar-refractivity contribution in [1.82, 2.24) is 24.8 Å². The van der Waals surface area contributed by atoms with E-state index in [-0.39, 0.29) is 17.1 Å². The molecule has 0 saturated carbocycles. The summed E-state index contributed by atoms with van der Waals surface area (Å²) < 4.78 is 70.4. The summed E-state index contributed by atoms with van der Waals surface area (Å²) in [6.45, 7) is 0.103. The number of nitrogens with zero attached hydrogens (tertiary/aromatic N) is 6. The van der Waals surface area contributed by atoms with Gasteiger partial charge in [0.15, 0.2) is 0 Å². The first-order valence-corrected chi connectivity index (χ1v) is 12.9. The van der Waals surface area contributed by atoms with Crippen molar-refractivity contribution in [1.29, 1.82) is 0 Å². The fourth-order valence-corrected chi connectivity index (χ4v) is 5.96. The molecule has 0 amide bonds. The standard InChI is InChI=1S/C26H19F3N6O2S/c1-33-25-23(21-12-5-6-13-22(21)38(33,36)37)31-35(24(25)17-8-3-2-4-9-17)16-19-15-34(32-30-19)20-11-7-10-18(14-20)26(27,28)29/h2-15H,16H2,1H3. The largest absolute Gasteiger partial charge is 0.416 e. The number of benzene rings is 3. The molecule has 0 aliphatic carbocycles. The molecular weight excluding hydrogens is 517 g/mol. The molecule has 0 bridgehead atoms. The third-order valence-corrected chi connectivity index (χ3v) is 8.18. The van der Waals surface area contributed by atoms with E-state index in [0.29, 0.717) is 28.3 Å². The number of hydrogen-bond acceptors (Lipinski definition) is 5. The Kier molecular flexibility index (Phi) is 5.38. The maximum atomic E-state index is 13.4. The van der Waals surface area contributed by atoms with Crippen molar-refractivity contribution in [2.45, 2.75) is 17.6 Å². The predicted octanol–water partition coefficient (Wildman–Crippen LogP) is 5.00. The molecule has 0 radical (unpaired) electrons. The van der Waals surface area contributed by atoms with Crippen molar-refractivity contribution in [3.05, 3.63) is 96.3 Å². The van der Waals surface area contributed by atoms with Crippen molar-refractivity contribution in [2.75, 3.05) is 11.4 Å². The molecule has 8 nitrogen and oxygen atoms in total. The fraction of sp³-hybridized carbons (Fsp3) is 0.115. The zero-order chi connectivity index (χ0) is 26.7. The van der Waals surface area contributed by atoms with Crippen molar-refractivity contribution < 1.29 is 21.6 Å². The van der Waals surface area contributed by atoms with Crippen molar-refractivity contribution in [3.63, 3.8) is 0 Å². The van der Waals surface area contributed by atoms with Crippen LogP contribution in [0.2, 0.25) is 0 Å². The van der Waals surface area contributed by atoms with Gasteiger partial charge in [-0.1, -0.05) is 59.8 Å². The van der Waals surface area contributed by atoms with Gasteiger partial charge in [-0.2, -0.15) is 18.3 Å². The molecule has 3 heterocycles. The average Bonchev–Trinajstić information content (AvgIpc) is 3.53. The van der Waals surface area contributed by atoms with Crippen molar-refractivity contribution in [2.24, 2.45) is 0 Å². The molecule has 3 aromatic carbocycles. The van der Waals surface area contributed by atoms with Gasteiger partial charge >= 0.3 is 6.18 Å². The molecule has 38 heavy (non-hydrogen) atoms. The second kappa shape index (κ2) is 8.55. The van der Waals surface area contributed by atoms with E-state index in [2.05, 4.69) is 10.3 Å². The highest BCUT2D eigenvalue weighted by atomic mass is 32.2. The molecular formula is C26H19F3N6O2S. The number of alkyl halides is 3. The lowest BCUT2D eigenvalue weighted by atomic mass is 10.1. The van der Waals surface area contributed by atoms with Gasteiger partial charge in [-0.15, -0.1) is 5.10 Å². The van der Waals surface area contributed by atoms with Crippen LogP contribution in [0.3, 0.4) is 0 Å². The van der Waals surface area contributed by atoms with E-state index >= 15 is 0 Å². The zero-order valence-corrected chi connectivity index (χ0v) is 20.6. The maximum absolute atomic E-state index is 13.4. The number of fused-ring (bicyclic) bond motifs is 3. The van der Waals surface area contributed by atoms with E-state index in [1.807, 2.05) is 30.3 Å². The molecule has 6 rings (SSSR count). The molecule has 0 unspecified atom stereocenters. The molecule has 0 spiro atoms. The van der Waals surface area contributed by atoms with E-state index in [9.17, 15) is 21.6 Å². The van der Waals surface area contributed by atoms with Gasteiger partial charge in [-0.25, -0.2) is 13.1 Å². The lowest BCUT2D eigenvalue weighted by molar-refractivity contribution is -0.137. The van der Waals surface area contributed by atoms with Gasteiger partial charge in [-0.05, 0) is 24.3 Å². The van der Waals surface area contributed by atoms with Gasteiger partial charge in [0.2, 0.25) is 0 Å². The minimum Gasteiger partial charge on any atom is -0.265 e. The summed E-state index contributed by atoms with van der Waals surface area (Å²) in [7, 11) is -2.32. The Balaban J connectivity index is 1.47. The molecule has 0 atom stereocenters. The Labute approximate surface area is 215 Å². The summed E-state index contributed by atoms with van der Waals surface area (Å²) in [5.41, 5.74) is 2.58. The Morgan fingerprint density at radius 2 is 1.66 bits per heavy atom. The van der Waals surface area contributed by atoms with E-state index < -0.39 is 21.8 Å². The van der Waals surface area contributed by atoms with E-state index in [1.54, 1.807) is 28.9 Å². The van der Waals surface area contributed by atoms with E-state index in [0.717, 1.165) is 17.7 Å². The van der Waals surface area contributed by atoms with Crippen LogP contribution in [0.5, 0.6) is 0 Å². The summed E-state index contributed by atoms with van der Waals surface area (Å²) in [5.74, 6) is 0. The second-order valence-electron chi connectivity index (χ2n) is 8.74. The highest BCUT2D eigenvalue weighted by Crippen LogP contribution is 2.47. The van der Waals surface area contributed by atoms with Crippen LogP contribution in [-0.2, 0) is 22.7 Å². The molecule has 12 heteroatoms. The lowest BCUT2D eigenvalue weighted by Gasteiger charge is -2.26. The molecule has 2 aromatic heterocycles. The minimum atomic E-state index is -4.49. The summed E-state index contributed by atoms with van der Waals surface area (Å²) in [5, 5.41) is 13.0. The Bertz CT molecular complexity index is 1780. The first kappa shape index (κ1) is 23.9. The van der Waals surface area contributed by atoms with Crippen LogP contribution >= 0.6 is 0 Å². The SMILES string of the molecule is CN1c2c(nn(Cc3cn(-c4cccc(C(F)(F)F)c4)nn3)c2-c2ccccc2)-c2ccccc2S1(=O)=O. The topological polar surface area (TPSA) is 85.9 Å². The van der Waals surface area contributed by atoms with Crippen molar-refractivity contribution in [3.8, 4) is 28.2 Å². The van der Waals surface area contributed by atoms with E-state index in [4.69, 9.17) is 5.10 Å². The number of aromatic nitrogens is 5. The van der Waals surface area contributed by atoms with Crippen molar-refractivity contribution >= 4 is 15.7 Å². The van der Waals surface area contributed by atoms with Crippen LogP contribution in [0.15, 0.2) is 90.0 Å². The molecule has 5 aromatic rings. The molecule has 0 N–H and O–H groups in total. The monoisotopic (exact) mass is 536 g/mol. The Morgan fingerprint density at radius 1 is 0.921 bits per heavy atom. The van der Waals surface area contributed by atoms with Gasteiger partial charge in [0.25, 0.3) is 10.0 Å². The number of sulfonamides is 1. The zero-order valence-electron chi connectivity index (χ0n) is 19.8. The molecule has 1 aliphatic rings. The smallest absolute Gasteiger partial charge is 0.265 e. The number of anilines is 1. The summed E-state index contributed by atoms with van der Waals surface area (Å²) in [6.07, 6.45) is -2.96. The van der Waals surface area contributed by atoms with Crippen LogP contribution < -0.4 is 4.31 Å².